The van der Waals surface area contributed by atoms with Crippen LogP contribution in [0.2, 0.25) is 5.02 Å². The predicted octanol–water partition coefficient (Wildman–Crippen LogP) is 6.51. The Morgan fingerprint density at radius 1 is 1.02 bits per heavy atom. The first-order valence-electron chi connectivity index (χ1n) is 13.6. The predicted molar refractivity (Wildman–Crippen MR) is 162 cm³/mol. The highest BCUT2D eigenvalue weighted by Crippen LogP contribution is 2.37. The Morgan fingerprint density at radius 3 is 2.33 bits per heavy atom. The molecule has 0 spiro atoms. The number of benzene rings is 2. The summed E-state index contributed by atoms with van der Waals surface area (Å²) >= 11 is 5.64. The van der Waals surface area contributed by atoms with Gasteiger partial charge in [-0.3, -0.25) is 9.59 Å². The Hall–Kier alpha value is -4.29. The first-order valence-corrected chi connectivity index (χ1v) is 14.0. The first kappa shape index (κ1) is 31.6. The zero-order valence-corrected chi connectivity index (χ0v) is 24.8. The van der Waals surface area contributed by atoms with Crippen molar-refractivity contribution in [2.45, 2.75) is 33.9 Å². The van der Waals surface area contributed by atoms with Crippen LogP contribution in [-0.2, 0) is 11.0 Å². The lowest BCUT2D eigenvalue weighted by molar-refractivity contribution is -0.137. The third-order valence-electron chi connectivity index (χ3n) is 7.19. The number of nitrogens with one attached hydrogen (secondary N) is 5. The van der Waals surface area contributed by atoms with Gasteiger partial charge in [0.1, 0.15) is 0 Å². The normalized spacial score (nSPS) is 13.7. The van der Waals surface area contributed by atoms with Gasteiger partial charge in [-0.2, -0.15) is 13.2 Å². The molecule has 0 bridgehead atoms. The number of carbonyl (C=O) groups excluding carboxylic acids is 3. The molecule has 0 saturated heterocycles. The molecule has 2 heterocycles. The van der Waals surface area contributed by atoms with E-state index in [9.17, 15) is 27.6 Å². The van der Waals surface area contributed by atoms with Crippen LogP contribution in [0, 0.1) is 13.8 Å². The van der Waals surface area contributed by atoms with E-state index >= 15 is 0 Å². The molecule has 13 heteroatoms. The van der Waals surface area contributed by atoms with Crippen LogP contribution in [0.3, 0.4) is 0 Å². The fraction of sp³-hybridized carbons (Fsp3) is 0.300. The maximum absolute atomic E-state index is 13.1. The van der Waals surface area contributed by atoms with Gasteiger partial charge in [0.05, 0.1) is 27.4 Å². The number of hydrogen-bond donors (Lipinski definition) is 5. The molecule has 228 valence electrons. The van der Waals surface area contributed by atoms with Crippen LogP contribution in [0.1, 0.15) is 52.3 Å². The van der Waals surface area contributed by atoms with Gasteiger partial charge in [-0.1, -0.05) is 31.5 Å². The molecular formula is C30H32ClF3N6O3. The molecule has 9 nitrogen and oxygen atoms in total. The number of rotatable bonds is 9. The number of fused-ring (bicyclic) bond motifs is 1. The number of carbonyl (C=O) groups is 3. The highest BCUT2D eigenvalue weighted by Gasteiger charge is 2.33. The van der Waals surface area contributed by atoms with Crippen molar-refractivity contribution in [3.8, 4) is 0 Å². The SMILES string of the molecule is CCN(CC)CCNC(=O)c1c(C)[nH]c(/C=C2\C(=O)Nc3cc(NC(=O)Nc4ccc(Cl)c(C(F)(F)F)c4)ccc32)c1C. The molecule has 0 aliphatic carbocycles. The second kappa shape index (κ2) is 12.9. The van der Waals surface area contributed by atoms with E-state index in [2.05, 4.69) is 45.0 Å². The van der Waals surface area contributed by atoms with Crippen LogP contribution in [-0.4, -0.2) is 53.9 Å². The zero-order chi connectivity index (χ0) is 31.5. The van der Waals surface area contributed by atoms with Crippen LogP contribution in [0.4, 0.5) is 35.0 Å². The average molecular weight is 617 g/mol. The fourth-order valence-corrected chi connectivity index (χ4v) is 5.11. The second-order valence-corrected chi connectivity index (χ2v) is 10.4. The molecule has 0 radical (unpaired) electrons. The molecule has 4 rings (SSSR count). The van der Waals surface area contributed by atoms with E-state index < -0.39 is 22.8 Å². The number of alkyl halides is 3. The number of anilines is 3. The van der Waals surface area contributed by atoms with Crippen molar-refractivity contribution in [1.82, 2.24) is 15.2 Å². The van der Waals surface area contributed by atoms with Crippen molar-refractivity contribution in [1.29, 1.82) is 0 Å². The topological polar surface area (TPSA) is 118 Å². The molecule has 43 heavy (non-hydrogen) atoms. The number of urea groups is 1. The van der Waals surface area contributed by atoms with Crippen molar-refractivity contribution in [2.75, 3.05) is 42.1 Å². The van der Waals surface area contributed by atoms with Crippen molar-refractivity contribution in [3.63, 3.8) is 0 Å². The van der Waals surface area contributed by atoms with Gasteiger partial charge in [0.2, 0.25) is 0 Å². The van der Waals surface area contributed by atoms with Gasteiger partial charge < -0.3 is 31.2 Å². The van der Waals surface area contributed by atoms with Gasteiger partial charge in [0.15, 0.2) is 0 Å². The van der Waals surface area contributed by atoms with Crippen LogP contribution in [0.25, 0.3) is 11.6 Å². The molecule has 1 aliphatic rings. The number of nitrogens with zero attached hydrogens (tertiary/aromatic N) is 1. The van der Waals surface area contributed by atoms with E-state index in [1.165, 1.54) is 12.1 Å². The Kier molecular flexibility index (Phi) is 9.51. The number of amides is 4. The van der Waals surface area contributed by atoms with E-state index in [4.69, 9.17) is 11.6 Å². The Labute approximate surface area is 251 Å². The highest BCUT2D eigenvalue weighted by molar-refractivity contribution is 6.35. The largest absolute Gasteiger partial charge is 0.417 e. The number of hydrogen-bond acceptors (Lipinski definition) is 4. The monoisotopic (exact) mass is 616 g/mol. The third-order valence-corrected chi connectivity index (χ3v) is 7.52. The molecule has 2 aromatic carbocycles. The molecular weight excluding hydrogens is 585 g/mol. The summed E-state index contributed by atoms with van der Waals surface area (Å²) in [6.45, 7) is 10.8. The lowest BCUT2D eigenvalue weighted by Crippen LogP contribution is -2.35. The van der Waals surface area contributed by atoms with Gasteiger partial charge >= 0.3 is 12.2 Å². The van der Waals surface area contributed by atoms with Gasteiger partial charge in [-0.15, -0.1) is 0 Å². The van der Waals surface area contributed by atoms with E-state index in [1.54, 1.807) is 25.1 Å². The molecule has 5 N–H and O–H groups in total. The lowest BCUT2D eigenvalue weighted by Gasteiger charge is -2.18. The van der Waals surface area contributed by atoms with E-state index in [0.717, 1.165) is 31.8 Å². The molecule has 1 aliphatic heterocycles. The fourth-order valence-electron chi connectivity index (χ4n) is 4.89. The number of aromatic amines is 1. The number of H-pyrrole nitrogens is 1. The quantitative estimate of drug-likeness (QED) is 0.176. The first-order chi connectivity index (χ1) is 20.3. The summed E-state index contributed by atoms with van der Waals surface area (Å²) in [6, 6.07) is 7.02. The van der Waals surface area contributed by atoms with Gasteiger partial charge in [0, 0.05) is 41.4 Å². The summed E-state index contributed by atoms with van der Waals surface area (Å²) in [5, 5.41) is 10.1. The summed E-state index contributed by atoms with van der Waals surface area (Å²) in [5.41, 5.74) is 3.06. The molecule has 0 fully saturated rings. The summed E-state index contributed by atoms with van der Waals surface area (Å²) in [6.07, 6.45) is -3.00. The molecule has 3 aromatic rings. The molecule has 0 unspecified atom stereocenters. The summed E-state index contributed by atoms with van der Waals surface area (Å²) < 4.78 is 39.4. The van der Waals surface area contributed by atoms with Crippen LogP contribution in [0.15, 0.2) is 36.4 Å². The zero-order valence-electron chi connectivity index (χ0n) is 24.1. The molecule has 1 aromatic heterocycles. The minimum Gasteiger partial charge on any atom is -0.358 e. The summed E-state index contributed by atoms with van der Waals surface area (Å²) in [4.78, 5) is 43.7. The standard InChI is InChI=1S/C30H32ClF3N6O3/c1-5-40(6-2)12-11-35-28(42)26-16(3)24(36-17(26)4)15-21-20-9-7-19(14-25(20)39-27(21)41)38-29(43)37-18-8-10-23(31)22(13-18)30(32,33)34/h7-10,13-15,36H,5-6,11-12H2,1-4H3,(H,35,42)(H,39,41)(H2,37,38,43)/b21-15-. The van der Waals surface area contributed by atoms with Crippen molar-refractivity contribution in [2.24, 2.45) is 0 Å². The van der Waals surface area contributed by atoms with Crippen LogP contribution >= 0.6 is 11.6 Å². The maximum atomic E-state index is 13.1. The van der Waals surface area contributed by atoms with Crippen molar-refractivity contribution < 1.29 is 27.6 Å². The third kappa shape index (κ3) is 7.20. The summed E-state index contributed by atoms with van der Waals surface area (Å²) in [5.74, 6) is -0.559. The van der Waals surface area contributed by atoms with Crippen LogP contribution in [0.5, 0.6) is 0 Å². The number of aryl methyl sites for hydroxylation is 1. The van der Waals surface area contributed by atoms with E-state index in [0.29, 0.717) is 51.6 Å². The van der Waals surface area contributed by atoms with Gasteiger partial charge in [0.25, 0.3) is 11.8 Å². The van der Waals surface area contributed by atoms with E-state index in [1.807, 2.05) is 6.92 Å². The van der Waals surface area contributed by atoms with Gasteiger partial charge in [-0.05, 0) is 68.9 Å². The number of aromatic nitrogens is 1. The Balaban J connectivity index is 1.48. The second-order valence-electron chi connectivity index (χ2n) is 9.99. The number of halogens is 4. The minimum atomic E-state index is -4.68. The van der Waals surface area contributed by atoms with Crippen molar-refractivity contribution in [3.05, 3.63) is 75.1 Å². The lowest BCUT2D eigenvalue weighted by atomic mass is 10.0. The van der Waals surface area contributed by atoms with Crippen LogP contribution < -0.4 is 21.3 Å². The maximum Gasteiger partial charge on any atom is 0.417 e. The molecule has 4 amide bonds. The average Bonchev–Trinajstić information content (AvgIpc) is 3.40. The Morgan fingerprint density at radius 2 is 1.67 bits per heavy atom. The Bertz CT molecular complexity index is 1590. The molecule has 0 saturated carbocycles. The minimum absolute atomic E-state index is 0.0949. The molecule has 0 atom stereocenters. The highest BCUT2D eigenvalue weighted by atomic mass is 35.5. The summed E-state index contributed by atoms with van der Waals surface area (Å²) in [7, 11) is 0. The van der Waals surface area contributed by atoms with Crippen molar-refractivity contribution >= 4 is 58.2 Å². The number of likely N-dealkylation sites (N-methyl/N-ethyl adjacent to an activating group) is 1. The van der Waals surface area contributed by atoms with Gasteiger partial charge in [-0.25, -0.2) is 4.79 Å². The smallest absolute Gasteiger partial charge is 0.358 e. The van der Waals surface area contributed by atoms with E-state index in [-0.39, 0.29) is 17.5 Å².